The molecule has 4 rings (SSSR count). The highest BCUT2D eigenvalue weighted by Crippen LogP contribution is 2.28. The zero-order valence-corrected chi connectivity index (χ0v) is 13.1. The molecule has 0 fully saturated rings. The summed E-state index contributed by atoms with van der Waals surface area (Å²) in [6.07, 6.45) is 9.33. The second kappa shape index (κ2) is 5.78. The van der Waals surface area contributed by atoms with Gasteiger partial charge in [-0.3, -0.25) is 0 Å². The van der Waals surface area contributed by atoms with Crippen molar-refractivity contribution in [2.45, 2.75) is 32.2 Å². The summed E-state index contributed by atoms with van der Waals surface area (Å²) in [4.78, 5) is 2.83. The summed E-state index contributed by atoms with van der Waals surface area (Å²) < 4.78 is 17.6. The molecule has 0 saturated heterocycles. The highest BCUT2D eigenvalue weighted by atomic mass is 35.5. The first-order chi connectivity index (χ1) is 9.81. The van der Waals surface area contributed by atoms with Crippen molar-refractivity contribution in [2.75, 3.05) is 0 Å². The van der Waals surface area contributed by atoms with Gasteiger partial charge in [-0.15, -0.1) is 0 Å². The van der Waals surface area contributed by atoms with Crippen LogP contribution in [-0.2, 0) is 19.4 Å². The molecule has 2 aromatic heterocycles. The Hall–Kier alpha value is -1.39. The van der Waals surface area contributed by atoms with Gasteiger partial charge in [0, 0.05) is 6.42 Å². The number of fused-ring (bicyclic) bond motifs is 3. The minimum absolute atomic E-state index is 0. The average molecular weight is 323 g/mol. The van der Waals surface area contributed by atoms with E-state index in [1.165, 1.54) is 48.5 Å². The number of aromatic nitrogens is 2. The van der Waals surface area contributed by atoms with Crippen LogP contribution in [0.1, 0.15) is 29.0 Å². The maximum Gasteiger partial charge on any atom is 0.346 e. The monoisotopic (exact) mass is 322 g/mol. The van der Waals surface area contributed by atoms with Crippen LogP contribution in [0.15, 0.2) is 36.7 Å². The average Bonchev–Trinajstić information content (AvgIpc) is 3.01. The summed E-state index contributed by atoms with van der Waals surface area (Å²) in [5.41, 5.74) is 2.63. The van der Waals surface area contributed by atoms with Gasteiger partial charge in [0.2, 0.25) is 0 Å². The number of hydrogen-bond acceptors (Lipinski definition) is 1. The molecule has 0 spiro atoms. The number of imidazole rings is 1. The number of rotatable bonds is 2. The Morgan fingerprint density at radius 1 is 1.14 bits per heavy atom. The van der Waals surface area contributed by atoms with Crippen LogP contribution in [0.5, 0.6) is 0 Å². The minimum atomic E-state index is -0.174. The van der Waals surface area contributed by atoms with Gasteiger partial charge < -0.3 is 12.4 Å². The van der Waals surface area contributed by atoms with Gasteiger partial charge in [0.1, 0.15) is 30.4 Å². The summed E-state index contributed by atoms with van der Waals surface area (Å²) >= 11 is 1.91. The van der Waals surface area contributed by atoms with Gasteiger partial charge in [-0.25, -0.2) is 8.96 Å². The van der Waals surface area contributed by atoms with Crippen LogP contribution in [0.2, 0.25) is 0 Å². The number of benzene rings is 1. The van der Waals surface area contributed by atoms with E-state index in [2.05, 4.69) is 21.4 Å². The van der Waals surface area contributed by atoms with Gasteiger partial charge in [-0.05, 0) is 37.0 Å². The van der Waals surface area contributed by atoms with Crippen molar-refractivity contribution in [3.63, 3.8) is 0 Å². The topological polar surface area (TPSA) is 8.29 Å². The maximum atomic E-state index is 13.0. The quantitative estimate of drug-likeness (QED) is 0.602. The number of halogens is 2. The zero-order valence-electron chi connectivity index (χ0n) is 11.6. The summed E-state index contributed by atoms with van der Waals surface area (Å²) in [5, 5.41) is 0. The van der Waals surface area contributed by atoms with E-state index in [1.54, 1.807) is 4.88 Å². The van der Waals surface area contributed by atoms with Crippen LogP contribution >= 0.6 is 11.3 Å². The predicted octanol–water partition coefficient (Wildman–Crippen LogP) is 0.358. The molecule has 2 heterocycles. The second-order valence-corrected chi connectivity index (χ2v) is 6.45. The standard InChI is InChI=1S/C16H16FN2S.ClH/c17-13-7-5-12(6-8-13)11-18-9-10-19-14-3-1-2-4-15(14)20-16(18)19;/h5-10H,1-4,11H2;1H/q+1;/p-1. The van der Waals surface area contributed by atoms with Crippen molar-refractivity contribution in [2.24, 2.45) is 0 Å². The molecular weight excluding hydrogens is 307 g/mol. The number of thiazole rings is 1. The third-order valence-electron chi connectivity index (χ3n) is 4.01. The van der Waals surface area contributed by atoms with Crippen LogP contribution in [0, 0.1) is 5.82 Å². The Morgan fingerprint density at radius 2 is 1.90 bits per heavy atom. The molecule has 0 bridgehead atoms. The lowest BCUT2D eigenvalue weighted by Gasteiger charge is -2.06. The molecule has 1 aliphatic rings. The van der Waals surface area contributed by atoms with E-state index in [4.69, 9.17) is 0 Å². The van der Waals surface area contributed by atoms with Crippen LogP contribution in [0.4, 0.5) is 4.39 Å². The van der Waals surface area contributed by atoms with Gasteiger partial charge in [0.05, 0.1) is 4.88 Å². The van der Waals surface area contributed by atoms with Crippen molar-refractivity contribution in [1.82, 2.24) is 4.40 Å². The van der Waals surface area contributed by atoms with E-state index in [1.807, 2.05) is 23.5 Å². The minimum Gasteiger partial charge on any atom is -1.00 e. The third-order valence-corrected chi connectivity index (χ3v) is 5.31. The molecule has 0 unspecified atom stereocenters. The number of aryl methyl sites for hydroxylation is 2. The number of hydrogen-bond donors (Lipinski definition) is 0. The molecule has 1 aliphatic carbocycles. The first kappa shape index (κ1) is 14.5. The SMILES string of the molecule is Fc1ccc(C[n+]2ccn3c4c(sc32)CCCC4)cc1.[Cl-]. The van der Waals surface area contributed by atoms with E-state index < -0.39 is 0 Å². The highest BCUT2D eigenvalue weighted by Gasteiger charge is 2.24. The van der Waals surface area contributed by atoms with Crippen LogP contribution in [0.3, 0.4) is 0 Å². The molecule has 1 aromatic carbocycles. The third kappa shape index (κ3) is 2.58. The Morgan fingerprint density at radius 3 is 2.71 bits per heavy atom. The van der Waals surface area contributed by atoms with Gasteiger partial charge in [-0.2, -0.15) is 4.40 Å². The van der Waals surface area contributed by atoms with Crippen molar-refractivity contribution < 1.29 is 21.4 Å². The Kier molecular flexibility index (Phi) is 4.00. The maximum absolute atomic E-state index is 13.0. The molecule has 21 heavy (non-hydrogen) atoms. The molecule has 0 aliphatic heterocycles. The second-order valence-electron chi connectivity index (χ2n) is 5.38. The van der Waals surface area contributed by atoms with Crippen molar-refractivity contribution >= 4 is 16.3 Å². The van der Waals surface area contributed by atoms with Crippen molar-refractivity contribution in [3.05, 3.63) is 58.6 Å². The molecule has 2 nitrogen and oxygen atoms in total. The largest absolute Gasteiger partial charge is 1.00 e. The van der Waals surface area contributed by atoms with Gasteiger partial charge >= 0.3 is 4.96 Å². The van der Waals surface area contributed by atoms with E-state index in [-0.39, 0.29) is 18.2 Å². The summed E-state index contributed by atoms with van der Waals surface area (Å²) in [6.45, 7) is 0.802. The molecule has 0 atom stereocenters. The van der Waals surface area contributed by atoms with E-state index in [9.17, 15) is 4.39 Å². The van der Waals surface area contributed by atoms with E-state index >= 15 is 0 Å². The Bertz CT molecular complexity index is 761. The predicted molar refractivity (Wildman–Crippen MR) is 77.6 cm³/mol. The first-order valence-electron chi connectivity index (χ1n) is 7.07. The van der Waals surface area contributed by atoms with Crippen molar-refractivity contribution in [1.29, 1.82) is 0 Å². The molecule has 0 amide bonds. The summed E-state index contributed by atoms with van der Waals surface area (Å²) in [7, 11) is 0. The highest BCUT2D eigenvalue weighted by molar-refractivity contribution is 7.16. The lowest BCUT2D eigenvalue weighted by molar-refractivity contribution is -0.659. The van der Waals surface area contributed by atoms with Gasteiger partial charge in [0.25, 0.3) is 0 Å². The molecule has 0 N–H and O–H groups in total. The normalized spacial score (nSPS) is 14.0. The van der Waals surface area contributed by atoms with Crippen molar-refractivity contribution in [3.8, 4) is 0 Å². The summed E-state index contributed by atoms with van der Waals surface area (Å²) in [6, 6.07) is 6.78. The molecule has 0 saturated carbocycles. The smallest absolute Gasteiger partial charge is 0.346 e. The molecule has 5 heteroatoms. The lowest BCUT2D eigenvalue weighted by Crippen LogP contribution is -3.00. The Balaban J connectivity index is 0.00000132. The van der Waals surface area contributed by atoms with Crippen LogP contribution in [-0.4, -0.2) is 4.40 Å². The van der Waals surface area contributed by atoms with Gasteiger partial charge in [-0.1, -0.05) is 23.5 Å². The number of nitrogens with zero attached hydrogens (tertiary/aromatic N) is 2. The summed E-state index contributed by atoms with van der Waals surface area (Å²) in [5.74, 6) is -0.174. The Labute approximate surface area is 133 Å². The fourth-order valence-electron chi connectivity index (χ4n) is 2.97. The van der Waals surface area contributed by atoms with E-state index in [0.717, 1.165) is 12.1 Å². The van der Waals surface area contributed by atoms with Crippen LogP contribution < -0.4 is 17.0 Å². The molecule has 110 valence electrons. The molecule has 0 radical (unpaired) electrons. The zero-order chi connectivity index (χ0) is 13.5. The molecular formula is C16H16ClFN2S. The molecule has 3 aromatic rings. The van der Waals surface area contributed by atoms with Gasteiger partial charge in [0.15, 0.2) is 0 Å². The van der Waals surface area contributed by atoms with E-state index in [0.29, 0.717) is 0 Å². The lowest BCUT2D eigenvalue weighted by atomic mass is 10.0. The van der Waals surface area contributed by atoms with Crippen LogP contribution in [0.25, 0.3) is 4.96 Å². The first-order valence-corrected chi connectivity index (χ1v) is 7.88. The fraction of sp³-hybridized carbons (Fsp3) is 0.312. The fourth-order valence-corrected chi connectivity index (χ4v) is 4.27.